The molecule has 5 nitrogen and oxygen atoms in total. The Morgan fingerprint density at radius 2 is 1.84 bits per heavy atom. The molecule has 0 saturated carbocycles. The molecule has 1 fully saturated rings. The number of aliphatic hydroxyl groups excluding tert-OH is 1. The quantitative estimate of drug-likeness (QED) is 0.897. The zero-order chi connectivity index (χ0) is 17.2. The average molecular weight is 358 g/mol. The molecule has 0 radical (unpaired) electrons. The first-order valence-electron chi connectivity index (χ1n) is 8.48. The third-order valence-electron chi connectivity index (χ3n) is 4.58. The molecule has 1 N–H and O–H groups in total. The number of hydrogen-bond donors (Lipinski definition) is 1. The number of para-hydroxylation sites is 1. The van der Waals surface area contributed by atoms with Crippen LogP contribution in [0, 0.1) is 0 Å². The summed E-state index contributed by atoms with van der Waals surface area (Å²) in [6.07, 6.45) is 0. The normalized spacial score (nSPS) is 17.2. The molecule has 4 rings (SSSR count). The molecule has 0 bridgehead atoms. The van der Waals surface area contributed by atoms with Crippen LogP contribution in [0.2, 0.25) is 5.02 Å². The van der Waals surface area contributed by atoms with Crippen LogP contribution in [-0.4, -0.2) is 60.1 Å². The summed E-state index contributed by atoms with van der Waals surface area (Å²) in [6, 6.07) is 13.5. The summed E-state index contributed by atoms with van der Waals surface area (Å²) in [7, 11) is 0. The highest BCUT2D eigenvalue weighted by Gasteiger charge is 2.25. The predicted octanol–water partition coefficient (Wildman–Crippen LogP) is 3.13. The number of aliphatic imine (C=N–C) groups is 1. The van der Waals surface area contributed by atoms with E-state index in [9.17, 15) is 0 Å². The van der Waals surface area contributed by atoms with E-state index in [1.54, 1.807) is 0 Å². The van der Waals surface area contributed by atoms with E-state index in [-0.39, 0.29) is 6.61 Å². The minimum Gasteiger partial charge on any atom is -0.454 e. The van der Waals surface area contributed by atoms with E-state index in [0.717, 1.165) is 55.6 Å². The summed E-state index contributed by atoms with van der Waals surface area (Å²) < 4.78 is 6.09. The van der Waals surface area contributed by atoms with Crippen LogP contribution in [0.1, 0.15) is 5.56 Å². The minimum absolute atomic E-state index is 0.198. The number of β-amino-alcohol motifs (C(OH)–C–C–N with tert-alkyl or cyclic N) is 1. The largest absolute Gasteiger partial charge is 0.454 e. The van der Waals surface area contributed by atoms with Crippen molar-refractivity contribution in [2.45, 2.75) is 0 Å². The van der Waals surface area contributed by atoms with Crippen molar-refractivity contribution in [3.8, 4) is 11.5 Å². The molecule has 0 aliphatic carbocycles. The Hall–Kier alpha value is -2.08. The van der Waals surface area contributed by atoms with Gasteiger partial charge in [-0.05, 0) is 30.3 Å². The van der Waals surface area contributed by atoms with Crippen molar-refractivity contribution >= 4 is 23.1 Å². The van der Waals surface area contributed by atoms with Gasteiger partial charge in [0.15, 0.2) is 5.75 Å². The SMILES string of the molecule is OCCN1CCN(C2=Nc3cc(Cl)ccc3Oc3ccccc32)CC1. The smallest absolute Gasteiger partial charge is 0.153 e. The van der Waals surface area contributed by atoms with Crippen LogP contribution in [0.5, 0.6) is 11.5 Å². The van der Waals surface area contributed by atoms with Crippen molar-refractivity contribution < 1.29 is 9.84 Å². The Labute approximate surface area is 152 Å². The van der Waals surface area contributed by atoms with Gasteiger partial charge >= 0.3 is 0 Å². The van der Waals surface area contributed by atoms with Crippen molar-refractivity contribution in [2.24, 2.45) is 4.99 Å². The molecule has 0 aromatic heterocycles. The summed E-state index contributed by atoms with van der Waals surface area (Å²) in [5.41, 5.74) is 1.74. The first kappa shape index (κ1) is 16.4. The van der Waals surface area contributed by atoms with Crippen LogP contribution in [0.25, 0.3) is 0 Å². The third kappa shape index (κ3) is 3.35. The second kappa shape index (κ2) is 7.04. The van der Waals surface area contributed by atoms with E-state index in [0.29, 0.717) is 10.8 Å². The molecule has 6 heteroatoms. The minimum atomic E-state index is 0.198. The van der Waals surface area contributed by atoms with Crippen LogP contribution >= 0.6 is 11.6 Å². The predicted molar refractivity (Wildman–Crippen MR) is 99.3 cm³/mol. The number of benzene rings is 2. The third-order valence-corrected chi connectivity index (χ3v) is 4.82. The molecule has 2 aliphatic rings. The Morgan fingerprint density at radius 1 is 1.04 bits per heavy atom. The molecule has 0 amide bonds. The van der Waals surface area contributed by atoms with Crippen LogP contribution in [-0.2, 0) is 0 Å². The molecule has 2 aliphatic heterocycles. The highest BCUT2D eigenvalue weighted by Crippen LogP contribution is 2.39. The number of hydrogen-bond acceptors (Lipinski definition) is 5. The molecular weight excluding hydrogens is 338 g/mol. The number of halogens is 1. The Morgan fingerprint density at radius 3 is 2.64 bits per heavy atom. The lowest BCUT2D eigenvalue weighted by atomic mass is 10.1. The zero-order valence-corrected chi connectivity index (χ0v) is 14.6. The highest BCUT2D eigenvalue weighted by molar-refractivity contribution is 6.31. The van der Waals surface area contributed by atoms with Gasteiger partial charge in [-0.25, -0.2) is 4.99 Å². The van der Waals surface area contributed by atoms with Crippen LogP contribution in [0.4, 0.5) is 5.69 Å². The summed E-state index contributed by atoms with van der Waals surface area (Å²) in [6.45, 7) is 4.46. The van der Waals surface area contributed by atoms with Crippen molar-refractivity contribution in [2.75, 3.05) is 39.3 Å². The van der Waals surface area contributed by atoms with Gasteiger partial charge in [-0.2, -0.15) is 0 Å². The first-order chi connectivity index (χ1) is 12.2. The second-order valence-electron chi connectivity index (χ2n) is 6.20. The summed E-state index contributed by atoms with van der Waals surface area (Å²) in [4.78, 5) is 9.45. The van der Waals surface area contributed by atoms with Gasteiger partial charge < -0.3 is 14.7 Å². The summed E-state index contributed by atoms with van der Waals surface area (Å²) in [5, 5.41) is 9.77. The lowest BCUT2D eigenvalue weighted by Gasteiger charge is -2.36. The van der Waals surface area contributed by atoms with E-state index in [2.05, 4.69) is 9.80 Å². The van der Waals surface area contributed by atoms with E-state index in [4.69, 9.17) is 26.4 Å². The van der Waals surface area contributed by atoms with Crippen LogP contribution < -0.4 is 4.74 Å². The Kier molecular flexibility index (Phi) is 4.61. The number of amidine groups is 1. The Balaban J connectivity index is 1.71. The number of ether oxygens (including phenoxy) is 1. The zero-order valence-electron chi connectivity index (χ0n) is 13.9. The van der Waals surface area contributed by atoms with Crippen LogP contribution in [0.3, 0.4) is 0 Å². The molecule has 2 aromatic rings. The van der Waals surface area contributed by atoms with Crippen molar-refractivity contribution in [3.05, 3.63) is 53.1 Å². The van der Waals surface area contributed by atoms with Gasteiger partial charge in [-0.3, -0.25) is 4.90 Å². The molecule has 1 saturated heterocycles. The number of piperazine rings is 1. The van der Waals surface area contributed by atoms with E-state index < -0.39 is 0 Å². The maximum Gasteiger partial charge on any atom is 0.153 e. The highest BCUT2D eigenvalue weighted by atomic mass is 35.5. The number of fused-ring (bicyclic) bond motifs is 2. The van der Waals surface area contributed by atoms with Crippen molar-refractivity contribution in [1.29, 1.82) is 0 Å². The van der Waals surface area contributed by atoms with Gasteiger partial charge in [0, 0.05) is 37.7 Å². The number of aliphatic hydroxyl groups is 1. The van der Waals surface area contributed by atoms with Gasteiger partial charge in [0.05, 0.1) is 12.2 Å². The van der Waals surface area contributed by atoms with Gasteiger partial charge in [-0.1, -0.05) is 23.7 Å². The second-order valence-corrected chi connectivity index (χ2v) is 6.63. The average Bonchev–Trinajstić information content (AvgIpc) is 2.79. The molecule has 0 atom stereocenters. The van der Waals surface area contributed by atoms with E-state index >= 15 is 0 Å². The standard InChI is InChI=1S/C19H20ClN3O2/c20-14-5-6-18-16(13-14)21-19(15-3-1-2-4-17(15)25-18)23-9-7-22(8-10-23)11-12-24/h1-6,13,24H,7-12H2. The fraction of sp³-hybridized carbons (Fsp3) is 0.316. The number of rotatable bonds is 2. The lowest BCUT2D eigenvalue weighted by molar-refractivity contribution is 0.147. The maximum atomic E-state index is 9.13. The number of nitrogens with zero attached hydrogens (tertiary/aromatic N) is 3. The molecule has 0 spiro atoms. The topological polar surface area (TPSA) is 48.3 Å². The fourth-order valence-corrected chi connectivity index (χ4v) is 3.43. The Bertz CT molecular complexity index is 801. The molecule has 25 heavy (non-hydrogen) atoms. The fourth-order valence-electron chi connectivity index (χ4n) is 3.26. The van der Waals surface area contributed by atoms with Crippen molar-refractivity contribution in [1.82, 2.24) is 9.80 Å². The summed E-state index contributed by atoms with van der Waals surface area (Å²) >= 11 is 6.16. The van der Waals surface area contributed by atoms with Gasteiger partial charge in [0.2, 0.25) is 0 Å². The van der Waals surface area contributed by atoms with E-state index in [1.807, 2.05) is 42.5 Å². The molecule has 0 unspecified atom stereocenters. The van der Waals surface area contributed by atoms with Gasteiger partial charge in [-0.15, -0.1) is 0 Å². The summed E-state index contributed by atoms with van der Waals surface area (Å²) in [5.74, 6) is 2.44. The first-order valence-corrected chi connectivity index (χ1v) is 8.86. The molecular formula is C19H20ClN3O2. The van der Waals surface area contributed by atoms with Gasteiger partial charge in [0.25, 0.3) is 0 Å². The molecule has 130 valence electrons. The maximum absolute atomic E-state index is 9.13. The molecule has 2 heterocycles. The van der Waals surface area contributed by atoms with Gasteiger partial charge in [0.1, 0.15) is 17.3 Å². The molecule has 2 aromatic carbocycles. The lowest BCUT2D eigenvalue weighted by Crippen LogP contribution is -2.49. The van der Waals surface area contributed by atoms with E-state index in [1.165, 1.54) is 0 Å². The van der Waals surface area contributed by atoms with Crippen molar-refractivity contribution in [3.63, 3.8) is 0 Å². The monoisotopic (exact) mass is 357 g/mol. The van der Waals surface area contributed by atoms with Crippen LogP contribution in [0.15, 0.2) is 47.5 Å².